The van der Waals surface area contributed by atoms with Crippen LogP contribution in [-0.4, -0.2) is 0 Å². The van der Waals surface area contributed by atoms with E-state index in [4.69, 9.17) is 16.3 Å². The molecular weight excluding hydrogens is 452 g/mol. The van der Waals surface area contributed by atoms with E-state index in [9.17, 15) is 0 Å². The molecular formula is C24H14BrClOS. The maximum absolute atomic E-state index is 6.35. The van der Waals surface area contributed by atoms with E-state index >= 15 is 0 Å². The van der Waals surface area contributed by atoms with Gasteiger partial charge in [0.2, 0.25) is 0 Å². The highest BCUT2D eigenvalue weighted by atomic mass is 79.9. The molecule has 0 aliphatic rings. The maximum atomic E-state index is 6.35. The number of hydrogen-bond donors (Lipinski definition) is 0. The molecule has 0 fully saturated rings. The van der Waals surface area contributed by atoms with E-state index in [2.05, 4.69) is 65.5 Å². The van der Waals surface area contributed by atoms with Crippen LogP contribution >= 0.6 is 38.9 Å². The predicted molar refractivity (Wildman–Crippen MR) is 127 cm³/mol. The van der Waals surface area contributed by atoms with Crippen LogP contribution in [0.15, 0.2) is 65.6 Å². The number of halogens is 2. The van der Waals surface area contributed by atoms with Crippen molar-refractivity contribution in [3.8, 4) is 11.5 Å². The molecule has 0 aliphatic carbocycles. The number of rotatable bonds is 3. The van der Waals surface area contributed by atoms with Gasteiger partial charge in [0.15, 0.2) is 5.75 Å². The summed E-state index contributed by atoms with van der Waals surface area (Å²) in [7, 11) is 0. The molecule has 136 valence electrons. The molecule has 0 spiro atoms. The Bertz CT molecular complexity index is 1430. The van der Waals surface area contributed by atoms with Crippen molar-refractivity contribution in [1.82, 2.24) is 0 Å². The number of benzene rings is 4. The third-order valence-electron chi connectivity index (χ3n) is 4.96. The molecule has 0 unspecified atom stereocenters. The fraction of sp³-hybridized carbons (Fsp3) is 0. The van der Waals surface area contributed by atoms with Crippen LogP contribution in [0.2, 0.25) is 5.02 Å². The highest BCUT2D eigenvalue weighted by molar-refractivity contribution is 9.10. The van der Waals surface area contributed by atoms with Gasteiger partial charge >= 0.3 is 0 Å². The summed E-state index contributed by atoms with van der Waals surface area (Å²) in [6.07, 6.45) is 1.93. The van der Waals surface area contributed by atoms with Gasteiger partial charge in [-0.2, -0.15) is 0 Å². The van der Waals surface area contributed by atoms with Crippen LogP contribution in [0.25, 0.3) is 44.3 Å². The summed E-state index contributed by atoms with van der Waals surface area (Å²) >= 11 is 11.6. The zero-order valence-corrected chi connectivity index (χ0v) is 17.9. The number of ether oxygens (including phenoxy) is 1. The zero-order chi connectivity index (χ0) is 19.4. The molecule has 0 saturated heterocycles. The summed E-state index contributed by atoms with van der Waals surface area (Å²) in [5.74, 6) is 1.37. The van der Waals surface area contributed by atoms with Crippen molar-refractivity contribution in [2.45, 2.75) is 0 Å². The Morgan fingerprint density at radius 3 is 2.50 bits per heavy atom. The highest BCUT2D eigenvalue weighted by Gasteiger charge is 2.17. The van der Waals surface area contributed by atoms with Gasteiger partial charge in [0.1, 0.15) is 5.75 Å². The fourth-order valence-electron chi connectivity index (χ4n) is 3.81. The van der Waals surface area contributed by atoms with Crippen molar-refractivity contribution < 1.29 is 4.74 Å². The first kappa shape index (κ1) is 17.7. The van der Waals surface area contributed by atoms with E-state index < -0.39 is 0 Å². The number of hydrogen-bond acceptors (Lipinski definition) is 2. The first-order valence-corrected chi connectivity index (χ1v) is 10.7. The van der Waals surface area contributed by atoms with Crippen molar-refractivity contribution in [2.24, 2.45) is 0 Å². The fourth-order valence-corrected chi connectivity index (χ4v) is 5.65. The van der Waals surface area contributed by atoms with E-state index in [-0.39, 0.29) is 0 Å². The van der Waals surface area contributed by atoms with Crippen LogP contribution in [0.4, 0.5) is 0 Å². The Balaban J connectivity index is 1.87. The largest absolute Gasteiger partial charge is 0.455 e. The molecule has 4 aromatic carbocycles. The van der Waals surface area contributed by atoms with E-state index in [1.165, 1.54) is 21.5 Å². The number of fused-ring (bicyclic) bond motifs is 2. The molecule has 1 heterocycles. The lowest BCUT2D eigenvalue weighted by molar-refractivity contribution is 0.481. The van der Waals surface area contributed by atoms with E-state index in [1.54, 1.807) is 11.3 Å². The Morgan fingerprint density at radius 1 is 0.964 bits per heavy atom. The first-order chi connectivity index (χ1) is 13.6. The third kappa shape index (κ3) is 2.58. The first-order valence-electron chi connectivity index (χ1n) is 8.72. The lowest BCUT2D eigenvalue weighted by Gasteiger charge is -2.13. The molecule has 5 rings (SSSR count). The average molecular weight is 466 g/mol. The van der Waals surface area contributed by atoms with Gasteiger partial charge in [-0.05, 0) is 61.9 Å². The second-order valence-corrected chi connectivity index (χ2v) is 8.96. The highest BCUT2D eigenvalue weighted by Crippen LogP contribution is 2.43. The molecule has 0 amide bonds. The van der Waals surface area contributed by atoms with Gasteiger partial charge in [0.05, 0.1) is 9.50 Å². The Kier molecular flexibility index (Phi) is 4.20. The molecule has 4 heteroatoms. The zero-order valence-electron chi connectivity index (χ0n) is 14.8. The number of para-hydroxylation sites is 1. The minimum atomic E-state index is 0.565. The molecule has 5 aromatic rings. The molecule has 1 aromatic heterocycles. The second-order valence-electron chi connectivity index (χ2n) is 6.56. The monoisotopic (exact) mass is 464 g/mol. The van der Waals surface area contributed by atoms with Gasteiger partial charge in [-0.3, -0.25) is 0 Å². The van der Waals surface area contributed by atoms with Crippen LogP contribution in [-0.2, 0) is 0 Å². The maximum Gasteiger partial charge on any atom is 0.160 e. The molecule has 0 atom stereocenters. The Morgan fingerprint density at radius 2 is 1.75 bits per heavy atom. The summed E-state index contributed by atoms with van der Waals surface area (Å²) in [5, 5.41) is 6.46. The smallest absolute Gasteiger partial charge is 0.160 e. The van der Waals surface area contributed by atoms with Crippen LogP contribution < -0.4 is 9.27 Å². The van der Waals surface area contributed by atoms with Gasteiger partial charge < -0.3 is 4.74 Å². The van der Waals surface area contributed by atoms with Crippen molar-refractivity contribution in [3.05, 3.63) is 80.8 Å². The summed E-state index contributed by atoms with van der Waals surface area (Å²) in [4.78, 5) is 0. The second kappa shape index (κ2) is 6.63. The molecule has 0 radical (unpaired) electrons. The molecule has 0 bridgehead atoms. The van der Waals surface area contributed by atoms with Crippen molar-refractivity contribution in [2.75, 3.05) is 0 Å². The Hall–Kier alpha value is -2.33. The van der Waals surface area contributed by atoms with E-state index in [0.717, 1.165) is 30.4 Å². The molecule has 1 nitrogen and oxygen atoms in total. The summed E-state index contributed by atoms with van der Waals surface area (Å²) in [6, 6.07) is 18.2. The third-order valence-corrected chi connectivity index (χ3v) is 6.87. The van der Waals surface area contributed by atoms with Gasteiger partial charge in [-0.1, -0.05) is 61.2 Å². The van der Waals surface area contributed by atoms with Gasteiger partial charge in [0.25, 0.3) is 0 Å². The van der Waals surface area contributed by atoms with E-state index in [0.29, 0.717) is 10.8 Å². The molecule has 0 aliphatic heterocycles. The lowest BCUT2D eigenvalue weighted by Crippen LogP contribution is -1.93. The van der Waals surface area contributed by atoms with Gasteiger partial charge in [-0.25, -0.2) is 0 Å². The van der Waals surface area contributed by atoms with Gasteiger partial charge in [-0.15, -0.1) is 11.3 Å². The molecule has 0 saturated carbocycles. The van der Waals surface area contributed by atoms with Crippen LogP contribution in [0.3, 0.4) is 0 Å². The topological polar surface area (TPSA) is 9.23 Å². The van der Waals surface area contributed by atoms with E-state index in [1.807, 2.05) is 24.3 Å². The lowest BCUT2D eigenvalue weighted by atomic mass is 9.94. The summed E-state index contributed by atoms with van der Waals surface area (Å²) in [5.41, 5.74) is 1.14. The summed E-state index contributed by atoms with van der Waals surface area (Å²) in [6.45, 7) is 8.35. The predicted octanol–water partition coefficient (Wildman–Crippen LogP) is 8.19. The van der Waals surface area contributed by atoms with Crippen LogP contribution in [0.5, 0.6) is 11.5 Å². The van der Waals surface area contributed by atoms with Crippen LogP contribution in [0.1, 0.15) is 5.56 Å². The van der Waals surface area contributed by atoms with Crippen LogP contribution in [0, 0.1) is 0 Å². The quantitative estimate of drug-likeness (QED) is 0.244. The van der Waals surface area contributed by atoms with Crippen molar-refractivity contribution >= 4 is 83.2 Å². The molecule has 28 heavy (non-hydrogen) atoms. The minimum absolute atomic E-state index is 0.565. The Labute approximate surface area is 179 Å². The van der Waals surface area contributed by atoms with Crippen molar-refractivity contribution in [1.29, 1.82) is 0 Å². The number of thiophene rings is 1. The van der Waals surface area contributed by atoms with Crippen molar-refractivity contribution in [3.63, 3.8) is 0 Å². The normalized spacial score (nSPS) is 11.5. The summed E-state index contributed by atoms with van der Waals surface area (Å²) < 4.78 is 9.21. The van der Waals surface area contributed by atoms with Gasteiger partial charge in [0, 0.05) is 20.0 Å². The average Bonchev–Trinajstić information content (AvgIpc) is 3.02. The minimum Gasteiger partial charge on any atom is -0.455 e. The standard InChI is InChI=1S/C24H14BrClOS/c1-3-15-16-7-4-5-8-17(16)18-11-14(12-21-23(18)22(15)13(2)28-21)27-24-19(25)9-6-10-20(24)26/h3-12H,1-2H2. The molecule has 0 N–H and O–H groups in total. The SMILES string of the molecule is C=Cc1c2ccccc2c2cc(Oc3c(Cl)cccc3Br)cc3sc(=C)c1c32.